The summed E-state index contributed by atoms with van der Waals surface area (Å²) in [5.41, 5.74) is 0.897. The number of benzene rings is 2. The molecule has 1 aliphatic rings. The van der Waals surface area contributed by atoms with Gasteiger partial charge in [-0.1, -0.05) is 26.0 Å². The van der Waals surface area contributed by atoms with Crippen LogP contribution in [0.3, 0.4) is 0 Å². The molecule has 1 N–H and O–H groups in total. The lowest BCUT2D eigenvalue weighted by Gasteiger charge is -2.33. The van der Waals surface area contributed by atoms with Crippen LogP contribution in [0.15, 0.2) is 53.4 Å². The van der Waals surface area contributed by atoms with Crippen LogP contribution in [0.2, 0.25) is 0 Å². The minimum atomic E-state index is -3.79. The predicted molar refractivity (Wildman–Crippen MR) is 127 cm³/mol. The van der Waals surface area contributed by atoms with Gasteiger partial charge < -0.3 is 15.0 Å². The molecule has 1 aliphatic heterocycles. The van der Waals surface area contributed by atoms with Crippen LogP contribution in [0.25, 0.3) is 0 Å². The molecule has 1 heterocycles. The maximum absolute atomic E-state index is 13.1. The molecule has 0 unspecified atom stereocenters. The van der Waals surface area contributed by atoms with Gasteiger partial charge >= 0.3 is 0 Å². The maximum Gasteiger partial charge on any atom is 0.264 e. The average molecular weight is 460 g/mol. The van der Waals surface area contributed by atoms with Gasteiger partial charge in [0.15, 0.2) is 0 Å². The Balaban J connectivity index is 1.65. The van der Waals surface area contributed by atoms with Gasteiger partial charge in [-0.15, -0.1) is 0 Å². The first-order valence-corrected chi connectivity index (χ1v) is 12.4. The van der Waals surface area contributed by atoms with Crippen molar-refractivity contribution in [3.63, 3.8) is 0 Å². The van der Waals surface area contributed by atoms with E-state index in [2.05, 4.69) is 24.1 Å². The molecule has 174 valence electrons. The minimum Gasteiger partial charge on any atom is -0.495 e. The largest absolute Gasteiger partial charge is 0.495 e. The highest BCUT2D eigenvalue weighted by Gasteiger charge is 2.25. The summed E-state index contributed by atoms with van der Waals surface area (Å²) in [6.07, 6.45) is 1.85. The van der Waals surface area contributed by atoms with Crippen LogP contribution in [0, 0.1) is 5.92 Å². The van der Waals surface area contributed by atoms with Crippen molar-refractivity contribution < 1.29 is 17.9 Å². The number of rotatable bonds is 8. The van der Waals surface area contributed by atoms with E-state index in [4.69, 9.17) is 4.74 Å². The summed E-state index contributed by atoms with van der Waals surface area (Å²) in [4.78, 5) is 15.2. The van der Waals surface area contributed by atoms with Gasteiger partial charge in [-0.25, -0.2) is 8.42 Å². The number of hydrogen-bond donors (Lipinski definition) is 1. The summed E-state index contributed by atoms with van der Waals surface area (Å²) in [5, 5.41) is 3.09. The highest BCUT2D eigenvalue weighted by Crippen LogP contribution is 2.30. The summed E-state index contributed by atoms with van der Waals surface area (Å²) in [6, 6.07) is 13.1. The zero-order valence-electron chi connectivity index (χ0n) is 19.2. The Hall–Kier alpha value is -2.58. The number of nitrogens with one attached hydrogen (secondary N) is 1. The van der Waals surface area contributed by atoms with Gasteiger partial charge in [-0.3, -0.25) is 9.10 Å². The first kappa shape index (κ1) is 24.1. The molecular weight excluding hydrogens is 426 g/mol. The molecule has 1 fully saturated rings. The van der Waals surface area contributed by atoms with Crippen molar-refractivity contribution in [2.45, 2.75) is 37.6 Å². The van der Waals surface area contributed by atoms with E-state index >= 15 is 0 Å². The van der Waals surface area contributed by atoms with Crippen LogP contribution in [0.4, 0.5) is 5.69 Å². The summed E-state index contributed by atoms with van der Waals surface area (Å²) in [6.45, 7) is 7.47. The molecule has 0 aromatic heterocycles. The van der Waals surface area contributed by atoms with Gasteiger partial charge in [-0.05, 0) is 55.2 Å². The van der Waals surface area contributed by atoms with Crippen LogP contribution in [-0.2, 0) is 10.0 Å². The Labute approximate surface area is 191 Å². The van der Waals surface area contributed by atoms with Gasteiger partial charge in [0.05, 0.1) is 17.7 Å². The van der Waals surface area contributed by atoms with Gasteiger partial charge in [0.2, 0.25) is 0 Å². The van der Waals surface area contributed by atoms with E-state index < -0.39 is 10.0 Å². The second-order valence-corrected chi connectivity index (χ2v) is 10.6. The number of anilines is 1. The van der Waals surface area contributed by atoms with Gasteiger partial charge in [0.25, 0.3) is 15.9 Å². The molecule has 1 amide bonds. The molecule has 7 nitrogen and oxygen atoms in total. The number of ether oxygens (including phenoxy) is 1. The molecule has 0 atom stereocenters. The van der Waals surface area contributed by atoms with E-state index in [1.807, 2.05) is 0 Å². The average Bonchev–Trinajstić information content (AvgIpc) is 2.79. The topological polar surface area (TPSA) is 78.9 Å². The third kappa shape index (κ3) is 5.61. The number of nitrogens with zero attached hydrogens (tertiary/aromatic N) is 2. The summed E-state index contributed by atoms with van der Waals surface area (Å²) in [5.74, 6) is 0.932. The quantitative estimate of drug-likeness (QED) is 0.655. The number of piperidine rings is 1. The molecule has 2 aromatic carbocycles. The normalized spacial score (nSPS) is 15.5. The Morgan fingerprint density at radius 2 is 1.75 bits per heavy atom. The number of carbonyl (C=O) groups excluding carboxylic acids is 1. The van der Waals surface area contributed by atoms with E-state index in [-0.39, 0.29) is 16.8 Å². The molecule has 0 spiro atoms. The van der Waals surface area contributed by atoms with Crippen LogP contribution < -0.4 is 14.4 Å². The van der Waals surface area contributed by atoms with Gasteiger partial charge in [0.1, 0.15) is 5.75 Å². The minimum absolute atomic E-state index is 0.115. The van der Waals surface area contributed by atoms with Gasteiger partial charge in [-0.2, -0.15) is 0 Å². The highest BCUT2D eigenvalue weighted by molar-refractivity contribution is 7.92. The van der Waals surface area contributed by atoms with Gasteiger partial charge in [0, 0.05) is 38.3 Å². The van der Waals surface area contributed by atoms with Crippen LogP contribution in [0.5, 0.6) is 5.75 Å². The monoisotopic (exact) mass is 459 g/mol. The van der Waals surface area contributed by atoms with E-state index in [1.54, 1.807) is 36.4 Å². The number of amides is 1. The van der Waals surface area contributed by atoms with Crippen molar-refractivity contribution in [2.75, 3.05) is 38.1 Å². The molecule has 0 bridgehead atoms. The third-order valence-corrected chi connectivity index (χ3v) is 7.53. The molecule has 1 saturated heterocycles. The van der Waals surface area contributed by atoms with Crippen molar-refractivity contribution >= 4 is 21.6 Å². The first-order valence-electron chi connectivity index (χ1n) is 11.0. The molecule has 0 radical (unpaired) electrons. The van der Waals surface area contributed by atoms with Crippen molar-refractivity contribution in [3.05, 3.63) is 54.1 Å². The summed E-state index contributed by atoms with van der Waals surface area (Å²) >= 11 is 0. The number of likely N-dealkylation sites (tertiary alicyclic amines) is 1. The molecule has 0 aliphatic carbocycles. The third-order valence-electron chi connectivity index (χ3n) is 5.75. The standard InChI is InChI=1S/C24H33N3O4S/c1-18(2)17-27-15-13-20(14-16-27)25-24(28)19-9-11-21(12-10-19)32(29,30)26(3)22-7-5-6-8-23(22)31-4/h5-12,18,20H,13-17H2,1-4H3,(H,25,28). The van der Waals surface area contributed by atoms with E-state index in [0.29, 0.717) is 22.9 Å². The zero-order valence-corrected chi connectivity index (χ0v) is 20.1. The van der Waals surface area contributed by atoms with Crippen molar-refractivity contribution in [2.24, 2.45) is 5.92 Å². The molecule has 0 saturated carbocycles. The van der Waals surface area contributed by atoms with E-state index in [9.17, 15) is 13.2 Å². The number of hydrogen-bond acceptors (Lipinski definition) is 5. The Bertz CT molecular complexity index is 1010. The lowest BCUT2D eigenvalue weighted by molar-refractivity contribution is 0.0907. The second kappa shape index (κ2) is 10.4. The fraction of sp³-hybridized carbons (Fsp3) is 0.458. The first-order chi connectivity index (χ1) is 15.2. The molecule has 2 aromatic rings. The maximum atomic E-state index is 13.1. The zero-order chi connectivity index (χ0) is 23.3. The smallest absolute Gasteiger partial charge is 0.264 e. The fourth-order valence-corrected chi connectivity index (χ4v) is 5.21. The Morgan fingerprint density at radius 3 is 2.34 bits per heavy atom. The van der Waals surface area contributed by atoms with Crippen molar-refractivity contribution in [1.82, 2.24) is 10.2 Å². The van der Waals surface area contributed by atoms with Crippen LogP contribution >= 0.6 is 0 Å². The fourth-order valence-electron chi connectivity index (χ4n) is 4.00. The molecule has 8 heteroatoms. The number of para-hydroxylation sites is 2. The van der Waals surface area contributed by atoms with E-state index in [1.165, 1.54) is 30.6 Å². The number of methoxy groups -OCH3 is 1. The lowest BCUT2D eigenvalue weighted by Crippen LogP contribution is -2.45. The van der Waals surface area contributed by atoms with Crippen molar-refractivity contribution in [1.29, 1.82) is 0 Å². The van der Waals surface area contributed by atoms with Crippen LogP contribution in [0.1, 0.15) is 37.0 Å². The number of sulfonamides is 1. The van der Waals surface area contributed by atoms with Crippen LogP contribution in [-0.4, -0.2) is 59.1 Å². The second-order valence-electron chi connectivity index (χ2n) is 8.61. The predicted octanol–water partition coefficient (Wildman–Crippen LogP) is 3.37. The molecule has 32 heavy (non-hydrogen) atoms. The van der Waals surface area contributed by atoms with E-state index in [0.717, 1.165) is 32.5 Å². The highest BCUT2D eigenvalue weighted by atomic mass is 32.2. The lowest BCUT2D eigenvalue weighted by atomic mass is 10.0. The summed E-state index contributed by atoms with van der Waals surface area (Å²) < 4.78 is 32.6. The SMILES string of the molecule is COc1ccccc1N(C)S(=O)(=O)c1ccc(C(=O)NC2CCN(CC(C)C)CC2)cc1. The Kier molecular flexibility index (Phi) is 7.79. The molecular formula is C24H33N3O4S. The van der Waals surface area contributed by atoms with Crippen molar-refractivity contribution in [3.8, 4) is 5.75 Å². The summed E-state index contributed by atoms with van der Waals surface area (Å²) in [7, 11) is -0.808. The molecule has 3 rings (SSSR count). The Morgan fingerprint density at radius 1 is 1.12 bits per heavy atom. The number of carbonyl (C=O) groups is 1.